The molecule has 190 valence electrons. The number of nitrogens with one attached hydrogen (secondary N) is 1. The van der Waals surface area contributed by atoms with Gasteiger partial charge in [0.25, 0.3) is 5.91 Å². The van der Waals surface area contributed by atoms with Gasteiger partial charge in [0, 0.05) is 19.5 Å². The fourth-order valence-corrected chi connectivity index (χ4v) is 4.11. The summed E-state index contributed by atoms with van der Waals surface area (Å²) in [4.78, 5) is 28.5. The van der Waals surface area contributed by atoms with Crippen molar-refractivity contribution in [3.05, 3.63) is 99.0 Å². The van der Waals surface area contributed by atoms with Gasteiger partial charge in [-0.05, 0) is 66.8 Å². The Kier molecular flexibility index (Phi) is 10.2. The fourth-order valence-electron chi connectivity index (χ4n) is 3.79. The molecule has 0 bridgehead atoms. The van der Waals surface area contributed by atoms with Crippen LogP contribution in [0.25, 0.3) is 0 Å². The molecule has 0 aliphatic carbocycles. The van der Waals surface area contributed by atoms with Crippen molar-refractivity contribution in [2.24, 2.45) is 0 Å². The smallest absolute Gasteiger partial charge is 0.261 e. The van der Waals surface area contributed by atoms with E-state index in [1.165, 1.54) is 0 Å². The van der Waals surface area contributed by atoms with E-state index >= 15 is 0 Å². The Labute approximate surface area is 223 Å². The zero-order valence-corrected chi connectivity index (χ0v) is 22.4. The number of carbonyl (C=O) groups is 2. The largest absolute Gasteiger partial charge is 0.484 e. The van der Waals surface area contributed by atoms with Crippen LogP contribution in [0.3, 0.4) is 0 Å². The summed E-state index contributed by atoms with van der Waals surface area (Å²) >= 11 is 12.3. The average molecular weight is 527 g/mol. The van der Waals surface area contributed by atoms with Gasteiger partial charge in [-0.2, -0.15) is 0 Å². The minimum atomic E-state index is -0.732. The van der Waals surface area contributed by atoms with E-state index in [9.17, 15) is 9.59 Å². The second-order valence-corrected chi connectivity index (χ2v) is 9.62. The molecule has 0 saturated heterocycles. The third-order valence-corrected chi connectivity index (χ3v) is 6.74. The molecule has 1 N–H and O–H groups in total. The molecule has 0 radical (unpaired) electrons. The van der Waals surface area contributed by atoms with Gasteiger partial charge in [-0.15, -0.1) is 0 Å². The molecule has 3 rings (SSSR count). The van der Waals surface area contributed by atoms with Crippen LogP contribution in [0, 0.1) is 13.8 Å². The summed E-state index contributed by atoms with van der Waals surface area (Å²) < 4.78 is 5.86. The first-order chi connectivity index (χ1) is 17.3. The zero-order chi connectivity index (χ0) is 26.1. The number of halogens is 2. The average Bonchev–Trinajstić information content (AvgIpc) is 2.87. The molecule has 0 aliphatic heterocycles. The maximum absolute atomic E-state index is 13.6. The summed E-state index contributed by atoms with van der Waals surface area (Å²) in [6.07, 6.45) is 1.16. The van der Waals surface area contributed by atoms with Crippen LogP contribution in [-0.4, -0.2) is 35.9 Å². The van der Waals surface area contributed by atoms with Gasteiger partial charge >= 0.3 is 0 Å². The monoisotopic (exact) mass is 526 g/mol. The van der Waals surface area contributed by atoms with Gasteiger partial charge in [0.15, 0.2) is 6.61 Å². The number of aryl methyl sites for hydroxylation is 2. The zero-order valence-electron chi connectivity index (χ0n) is 20.9. The van der Waals surface area contributed by atoms with Crippen molar-refractivity contribution < 1.29 is 14.3 Å². The third-order valence-electron chi connectivity index (χ3n) is 6.00. The van der Waals surface area contributed by atoms with Crippen LogP contribution >= 0.6 is 23.2 Å². The molecule has 3 aromatic carbocycles. The predicted octanol–water partition coefficient (Wildman–Crippen LogP) is 6.16. The normalized spacial score (nSPS) is 11.6. The van der Waals surface area contributed by atoms with Crippen LogP contribution in [0.5, 0.6) is 5.75 Å². The van der Waals surface area contributed by atoms with Crippen molar-refractivity contribution in [1.29, 1.82) is 0 Å². The van der Waals surface area contributed by atoms with Crippen molar-refractivity contribution in [3.63, 3.8) is 0 Å². The Hall–Kier alpha value is -3.02. The number of nitrogens with zero attached hydrogens (tertiary/aromatic N) is 1. The maximum atomic E-state index is 13.6. The van der Waals surface area contributed by atoms with Crippen LogP contribution in [-0.2, 0) is 22.6 Å². The predicted molar refractivity (Wildman–Crippen MR) is 146 cm³/mol. The molecule has 0 aromatic heterocycles. The molecule has 7 heteroatoms. The Morgan fingerprint density at radius 1 is 0.917 bits per heavy atom. The third kappa shape index (κ3) is 7.74. The van der Waals surface area contributed by atoms with E-state index < -0.39 is 6.04 Å². The fraction of sp³-hybridized carbons (Fsp3) is 0.310. The van der Waals surface area contributed by atoms with Crippen molar-refractivity contribution in [3.8, 4) is 5.75 Å². The molecule has 0 fully saturated rings. The van der Waals surface area contributed by atoms with Crippen LogP contribution in [0.1, 0.15) is 35.6 Å². The number of hydrogen-bond acceptors (Lipinski definition) is 3. The standard InChI is InChI=1S/C29H32Cl2N2O3/c1-4-14-32-29(35)27(17-22-8-6-5-7-9-22)33(18-23-11-13-25(30)26(31)16-23)28(34)19-36-24-12-10-20(2)21(3)15-24/h5-13,15-16,27H,4,14,17-19H2,1-3H3,(H,32,35)/t27-/m1/s1. The van der Waals surface area contributed by atoms with Crippen LogP contribution in [0.2, 0.25) is 10.0 Å². The highest BCUT2D eigenvalue weighted by Gasteiger charge is 2.30. The van der Waals surface area contributed by atoms with Gasteiger partial charge < -0.3 is 15.0 Å². The van der Waals surface area contributed by atoms with Gasteiger partial charge in [-0.1, -0.05) is 72.6 Å². The molecule has 5 nitrogen and oxygen atoms in total. The highest BCUT2D eigenvalue weighted by atomic mass is 35.5. The molecule has 0 spiro atoms. The Morgan fingerprint density at radius 2 is 1.67 bits per heavy atom. The molecule has 1 atom stereocenters. The first-order valence-corrected chi connectivity index (χ1v) is 12.8. The lowest BCUT2D eigenvalue weighted by Gasteiger charge is -2.31. The second-order valence-electron chi connectivity index (χ2n) is 8.80. The quantitative estimate of drug-likeness (QED) is 0.325. The van der Waals surface area contributed by atoms with E-state index in [2.05, 4.69) is 5.32 Å². The Morgan fingerprint density at radius 3 is 2.33 bits per heavy atom. The van der Waals surface area contributed by atoms with Gasteiger partial charge in [0.05, 0.1) is 10.0 Å². The lowest BCUT2D eigenvalue weighted by molar-refractivity contribution is -0.142. The molecular formula is C29H32Cl2N2O3. The van der Waals surface area contributed by atoms with E-state index in [0.29, 0.717) is 28.8 Å². The topological polar surface area (TPSA) is 58.6 Å². The van der Waals surface area contributed by atoms with Crippen molar-refractivity contribution in [1.82, 2.24) is 10.2 Å². The maximum Gasteiger partial charge on any atom is 0.261 e. The van der Waals surface area contributed by atoms with Crippen LogP contribution in [0.4, 0.5) is 0 Å². The highest BCUT2D eigenvalue weighted by molar-refractivity contribution is 6.42. The number of hydrogen-bond donors (Lipinski definition) is 1. The molecular weight excluding hydrogens is 495 g/mol. The summed E-state index contributed by atoms with van der Waals surface area (Å²) in [6.45, 7) is 6.51. The second kappa shape index (κ2) is 13.3. The van der Waals surface area contributed by atoms with E-state index in [1.807, 2.05) is 75.4 Å². The van der Waals surface area contributed by atoms with Crippen molar-refractivity contribution in [2.75, 3.05) is 13.2 Å². The van der Waals surface area contributed by atoms with E-state index in [1.54, 1.807) is 17.0 Å². The van der Waals surface area contributed by atoms with Crippen LogP contribution in [0.15, 0.2) is 66.7 Å². The molecule has 0 unspecified atom stereocenters. The van der Waals surface area contributed by atoms with Gasteiger partial charge in [-0.25, -0.2) is 0 Å². The first kappa shape index (κ1) is 27.6. The van der Waals surface area contributed by atoms with Crippen molar-refractivity contribution >= 4 is 35.0 Å². The number of rotatable bonds is 11. The molecule has 0 saturated carbocycles. The van der Waals surface area contributed by atoms with E-state index in [0.717, 1.165) is 28.7 Å². The summed E-state index contributed by atoms with van der Waals surface area (Å²) in [5.74, 6) is 0.100. The minimum Gasteiger partial charge on any atom is -0.484 e. The van der Waals surface area contributed by atoms with Gasteiger partial charge in [0.2, 0.25) is 5.91 Å². The lowest BCUT2D eigenvalue weighted by atomic mass is 10.0. The minimum absolute atomic E-state index is 0.184. The molecule has 36 heavy (non-hydrogen) atoms. The van der Waals surface area contributed by atoms with Gasteiger partial charge in [-0.3, -0.25) is 9.59 Å². The number of benzene rings is 3. The van der Waals surface area contributed by atoms with Crippen LogP contribution < -0.4 is 10.1 Å². The van der Waals surface area contributed by atoms with Crippen molar-refractivity contribution in [2.45, 2.75) is 46.2 Å². The summed E-state index contributed by atoms with van der Waals surface area (Å²) in [5.41, 5.74) is 3.94. The summed E-state index contributed by atoms with van der Waals surface area (Å²) in [5, 5.41) is 3.78. The molecule has 0 heterocycles. The lowest BCUT2D eigenvalue weighted by Crippen LogP contribution is -2.51. The number of carbonyl (C=O) groups excluding carboxylic acids is 2. The first-order valence-electron chi connectivity index (χ1n) is 12.0. The SMILES string of the molecule is CCCNC(=O)[C@@H](Cc1ccccc1)N(Cc1ccc(Cl)c(Cl)c1)C(=O)COc1ccc(C)c(C)c1. The Balaban J connectivity index is 1.91. The molecule has 0 aliphatic rings. The molecule has 2 amide bonds. The van der Waals surface area contributed by atoms with E-state index in [-0.39, 0.29) is 25.0 Å². The summed E-state index contributed by atoms with van der Waals surface area (Å²) in [6, 6.07) is 19.9. The van der Waals surface area contributed by atoms with E-state index in [4.69, 9.17) is 27.9 Å². The number of ether oxygens (including phenoxy) is 1. The summed E-state index contributed by atoms with van der Waals surface area (Å²) in [7, 11) is 0. The highest BCUT2D eigenvalue weighted by Crippen LogP contribution is 2.24. The number of amides is 2. The molecule has 3 aromatic rings. The Bertz CT molecular complexity index is 1180. The van der Waals surface area contributed by atoms with Gasteiger partial charge in [0.1, 0.15) is 11.8 Å².